The third-order valence-corrected chi connectivity index (χ3v) is 14.1. The number of nitrogens with zero attached hydrogens (tertiary/aromatic N) is 5. The molecule has 1 atom stereocenters. The summed E-state index contributed by atoms with van der Waals surface area (Å²) in [7, 11) is 0. The van der Waals surface area contributed by atoms with E-state index < -0.39 is 17.4 Å². The number of aromatic amines is 1. The summed E-state index contributed by atoms with van der Waals surface area (Å²) in [5.41, 5.74) is 8.18. The highest BCUT2D eigenvalue weighted by molar-refractivity contribution is 8.00. The van der Waals surface area contributed by atoms with Gasteiger partial charge in [0.25, 0.3) is 5.91 Å². The molecule has 0 radical (unpaired) electrons. The molecule has 9 rings (SSSR count). The number of piperazine rings is 1. The number of carbonyl (C=O) groups is 5. The molecule has 0 saturated carbocycles. The lowest BCUT2D eigenvalue weighted by Crippen LogP contribution is -2.54. The molecule has 0 bridgehead atoms. The first kappa shape index (κ1) is 38.1. The number of imide groups is 1. The predicted molar refractivity (Wildman–Crippen MR) is 221 cm³/mol. The van der Waals surface area contributed by atoms with Gasteiger partial charge in [-0.3, -0.25) is 34.2 Å². The maximum Gasteiger partial charge on any atom is 0.255 e. The Bertz CT molecular complexity index is 2450. The number of aryl methyl sites for hydroxylation is 1. The number of nitriles is 1. The van der Waals surface area contributed by atoms with Gasteiger partial charge >= 0.3 is 0 Å². The van der Waals surface area contributed by atoms with Crippen LogP contribution in [0.4, 0.5) is 5.69 Å². The molecule has 5 heterocycles. The molecule has 5 aliphatic rings. The largest absolute Gasteiger partial charge is 0.371 e. The Kier molecular flexibility index (Phi) is 9.68. The molecule has 3 aromatic carbocycles. The summed E-state index contributed by atoms with van der Waals surface area (Å²) in [4.78, 5) is 77.5. The van der Waals surface area contributed by atoms with Gasteiger partial charge in [-0.25, -0.2) is 0 Å². The van der Waals surface area contributed by atoms with Crippen molar-refractivity contribution in [1.29, 1.82) is 5.26 Å². The van der Waals surface area contributed by atoms with Crippen molar-refractivity contribution >= 4 is 57.8 Å². The van der Waals surface area contributed by atoms with Crippen molar-refractivity contribution in [2.75, 3.05) is 49.9 Å². The number of thioether (sulfide) groups is 1. The van der Waals surface area contributed by atoms with Crippen molar-refractivity contribution < 1.29 is 24.0 Å². The molecule has 1 unspecified atom stereocenters. The van der Waals surface area contributed by atoms with Gasteiger partial charge in [-0.15, -0.1) is 11.8 Å². The Morgan fingerprint density at radius 1 is 0.931 bits per heavy atom. The molecule has 0 spiro atoms. The third kappa shape index (κ3) is 6.47. The lowest BCUT2D eigenvalue weighted by molar-refractivity contribution is -0.137. The number of carbonyl (C=O) groups excluding carboxylic acids is 5. The normalized spacial score (nSPS) is 20.9. The van der Waals surface area contributed by atoms with E-state index in [0.717, 1.165) is 83.6 Å². The van der Waals surface area contributed by atoms with Gasteiger partial charge in [0, 0.05) is 102 Å². The second-order valence-corrected chi connectivity index (χ2v) is 17.8. The molecule has 4 aliphatic heterocycles. The van der Waals surface area contributed by atoms with Crippen molar-refractivity contribution in [2.24, 2.45) is 0 Å². The highest BCUT2D eigenvalue weighted by Gasteiger charge is 2.42. The summed E-state index contributed by atoms with van der Waals surface area (Å²) in [5.74, 6) is -0.472. The van der Waals surface area contributed by atoms with Crippen LogP contribution in [0.15, 0.2) is 53.4 Å². The first-order valence-corrected chi connectivity index (χ1v) is 21.4. The number of hydrogen-bond donors (Lipinski definition) is 2. The Hall–Kier alpha value is -5.45. The first-order valence-electron chi connectivity index (χ1n) is 20.4. The van der Waals surface area contributed by atoms with Crippen LogP contribution in [-0.4, -0.2) is 106 Å². The van der Waals surface area contributed by atoms with E-state index in [1.54, 1.807) is 17.0 Å². The molecule has 13 heteroatoms. The number of benzene rings is 3. The van der Waals surface area contributed by atoms with E-state index in [9.17, 15) is 29.2 Å². The Balaban J connectivity index is 0.795. The van der Waals surface area contributed by atoms with E-state index in [-0.39, 0.29) is 29.9 Å². The SMILES string of the molecule is CCc1cc2c(cc1N1CCC(N3CCN(C(=O)CSc4ccc5c(c4)CN(C4CCC(=O)NC4=O)C5=O)CC3)CC1)C(C)(C)c1[nH]c3cc(C#N)ccc3c1C2=O. The van der Waals surface area contributed by atoms with E-state index in [1.807, 2.05) is 29.2 Å². The molecule has 58 heavy (non-hydrogen) atoms. The molecule has 3 fully saturated rings. The molecular weight excluding hydrogens is 751 g/mol. The zero-order chi connectivity index (χ0) is 40.5. The number of amides is 4. The van der Waals surface area contributed by atoms with Crippen LogP contribution in [0.2, 0.25) is 0 Å². The Labute approximate surface area is 341 Å². The number of ketones is 1. The molecule has 1 aliphatic carbocycles. The van der Waals surface area contributed by atoms with Crippen LogP contribution in [0, 0.1) is 11.3 Å². The molecular formula is C45H47N7O5S. The van der Waals surface area contributed by atoms with Gasteiger partial charge in [0.15, 0.2) is 5.78 Å². The van der Waals surface area contributed by atoms with Crippen LogP contribution >= 0.6 is 11.8 Å². The fraction of sp³-hybridized carbons (Fsp3) is 0.422. The van der Waals surface area contributed by atoms with Crippen molar-refractivity contribution in [1.82, 2.24) is 25.0 Å². The minimum absolute atomic E-state index is 0.0393. The molecule has 4 aromatic rings. The highest BCUT2D eigenvalue weighted by Crippen LogP contribution is 2.46. The number of H-pyrrole nitrogens is 1. The van der Waals surface area contributed by atoms with Gasteiger partial charge in [-0.05, 0) is 84.8 Å². The number of nitrogens with one attached hydrogen (secondary N) is 2. The molecule has 298 valence electrons. The standard InChI is InChI=1S/C45H47N7O5S/c1-4-27-21-33-34(45(2,3)42-40(41(33)55)32-7-5-26(23-46)19-35(32)47-42)22-37(27)50-13-11-29(12-14-50)49-15-17-51(18-16-49)39(54)25-58-30-6-8-31-28(20-30)24-52(44(31)57)36-9-10-38(53)48-43(36)56/h5-8,19-22,29,36,47H,4,9-18,24-25H2,1-3H3,(H,48,53,56). The van der Waals surface area contributed by atoms with Gasteiger partial charge < -0.3 is 19.7 Å². The van der Waals surface area contributed by atoms with Crippen LogP contribution in [-0.2, 0) is 32.8 Å². The van der Waals surface area contributed by atoms with Crippen molar-refractivity contribution in [3.8, 4) is 6.07 Å². The average molecular weight is 798 g/mol. The minimum atomic E-state index is -0.649. The van der Waals surface area contributed by atoms with Crippen molar-refractivity contribution in [3.63, 3.8) is 0 Å². The summed E-state index contributed by atoms with van der Waals surface area (Å²) in [6.45, 7) is 11.8. The van der Waals surface area contributed by atoms with Crippen LogP contribution < -0.4 is 10.2 Å². The topological polar surface area (TPSA) is 150 Å². The summed E-state index contributed by atoms with van der Waals surface area (Å²) < 4.78 is 0. The molecule has 2 N–H and O–H groups in total. The van der Waals surface area contributed by atoms with E-state index in [4.69, 9.17) is 0 Å². The van der Waals surface area contributed by atoms with Crippen LogP contribution in [0.25, 0.3) is 10.9 Å². The zero-order valence-electron chi connectivity index (χ0n) is 33.2. The number of rotatable bonds is 7. The van der Waals surface area contributed by atoms with E-state index >= 15 is 0 Å². The fourth-order valence-electron chi connectivity index (χ4n) is 9.84. The van der Waals surface area contributed by atoms with Gasteiger partial charge in [-0.2, -0.15) is 5.26 Å². The number of aromatic nitrogens is 1. The van der Waals surface area contributed by atoms with Gasteiger partial charge in [0.1, 0.15) is 6.04 Å². The van der Waals surface area contributed by atoms with Crippen LogP contribution in [0.5, 0.6) is 0 Å². The first-order chi connectivity index (χ1) is 27.9. The summed E-state index contributed by atoms with van der Waals surface area (Å²) in [5, 5.41) is 12.7. The van der Waals surface area contributed by atoms with E-state index in [1.165, 1.54) is 23.0 Å². The van der Waals surface area contributed by atoms with E-state index in [0.29, 0.717) is 54.5 Å². The zero-order valence-corrected chi connectivity index (χ0v) is 34.0. The summed E-state index contributed by atoms with van der Waals surface area (Å²) >= 11 is 1.47. The number of piperidine rings is 2. The lowest BCUT2D eigenvalue weighted by atomic mass is 9.70. The van der Waals surface area contributed by atoms with Gasteiger partial charge in [0.05, 0.1) is 22.9 Å². The summed E-state index contributed by atoms with van der Waals surface area (Å²) in [6, 6.07) is 17.5. The second-order valence-electron chi connectivity index (χ2n) is 16.7. The van der Waals surface area contributed by atoms with Gasteiger partial charge in [-0.1, -0.05) is 26.8 Å². The highest BCUT2D eigenvalue weighted by atomic mass is 32.2. The van der Waals surface area contributed by atoms with Crippen LogP contribution in [0.3, 0.4) is 0 Å². The molecule has 1 aromatic heterocycles. The fourth-order valence-corrected chi connectivity index (χ4v) is 10.7. The number of fused-ring (bicyclic) bond motifs is 5. The summed E-state index contributed by atoms with van der Waals surface area (Å²) in [6.07, 6.45) is 3.43. The van der Waals surface area contributed by atoms with Crippen molar-refractivity contribution in [2.45, 2.75) is 81.8 Å². The van der Waals surface area contributed by atoms with Crippen LogP contribution in [0.1, 0.15) is 101 Å². The predicted octanol–water partition coefficient (Wildman–Crippen LogP) is 5.14. The van der Waals surface area contributed by atoms with Crippen molar-refractivity contribution in [3.05, 3.63) is 93.2 Å². The Morgan fingerprint density at radius 3 is 2.43 bits per heavy atom. The lowest BCUT2D eigenvalue weighted by Gasteiger charge is -2.44. The maximum absolute atomic E-state index is 14.1. The quantitative estimate of drug-likeness (QED) is 0.192. The molecule has 4 amide bonds. The minimum Gasteiger partial charge on any atom is -0.371 e. The average Bonchev–Trinajstić information content (AvgIpc) is 3.79. The Morgan fingerprint density at radius 2 is 1.71 bits per heavy atom. The number of hydrogen-bond acceptors (Lipinski definition) is 9. The maximum atomic E-state index is 14.1. The van der Waals surface area contributed by atoms with Gasteiger partial charge in [0.2, 0.25) is 17.7 Å². The van der Waals surface area contributed by atoms with E-state index in [2.05, 4.69) is 59.1 Å². The monoisotopic (exact) mass is 797 g/mol. The third-order valence-electron chi connectivity index (χ3n) is 13.1. The molecule has 3 saturated heterocycles. The number of anilines is 1. The smallest absolute Gasteiger partial charge is 0.255 e. The second kappa shape index (κ2) is 14.7. The molecule has 12 nitrogen and oxygen atoms in total.